The van der Waals surface area contributed by atoms with Gasteiger partial charge in [0.2, 0.25) is 0 Å². The second kappa shape index (κ2) is 4.25. The van der Waals surface area contributed by atoms with Gasteiger partial charge in [-0.1, -0.05) is 0 Å². The highest BCUT2D eigenvalue weighted by molar-refractivity contribution is 5.86. The van der Waals surface area contributed by atoms with Gasteiger partial charge in [-0.05, 0) is 37.1 Å². The molecule has 0 radical (unpaired) electrons. The summed E-state index contributed by atoms with van der Waals surface area (Å²) >= 11 is 0. The zero-order valence-electron chi connectivity index (χ0n) is 11.3. The van der Waals surface area contributed by atoms with Gasteiger partial charge in [0, 0.05) is 18.4 Å². The smallest absolute Gasteiger partial charge is 0.353 e. The molecule has 1 aromatic carbocycles. The van der Waals surface area contributed by atoms with Crippen LogP contribution in [0.2, 0.25) is 0 Å². The molecule has 2 heterocycles. The third-order valence-electron chi connectivity index (χ3n) is 4.01. The number of carbonyl (C=O) groups is 1. The lowest BCUT2D eigenvalue weighted by atomic mass is 10.1. The molecule has 108 valence electrons. The van der Waals surface area contributed by atoms with Crippen LogP contribution in [0.5, 0.6) is 11.5 Å². The summed E-state index contributed by atoms with van der Waals surface area (Å²) in [6, 6.07) is 7.07. The van der Waals surface area contributed by atoms with E-state index in [9.17, 15) is 4.79 Å². The topological polar surface area (TPSA) is 84.4 Å². The van der Waals surface area contributed by atoms with Gasteiger partial charge in [0.25, 0.3) is 5.79 Å². The second-order valence-corrected chi connectivity index (χ2v) is 5.46. The van der Waals surface area contributed by atoms with Crippen molar-refractivity contribution >= 4 is 5.97 Å². The number of aromatic carboxylic acids is 1. The van der Waals surface area contributed by atoms with Crippen molar-refractivity contribution in [3.05, 3.63) is 30.0 Å². The molecule has 0 saturated heterocycles. The van der Waals surface area contributed by atoms with Gasteiger partial charge >= 0.3 is 5.97 Å². The Bertz CT molecular complexity index is 716. The maximum absolute atomic E-state index is 10.9. The first-order valence-corrected chi connectivity index (χ1v) is 6.96. The molecule has 1 aliphatic carbocycles. The van der Waals surface area contributed by atoms with Crippen molar-refractivity contribution in [3.8, 4) is 22.8 Å². The molecule has 2 N–H and O–H groups in total. The van der Waals surface area contributed by atoms with E-state index >= 15 is 0 Å². The summed E-state index contributed by atoms with van der Waals surface area (Å²) in [6.07, 6.45) is 4.04. The first-order chi connectivity index (χ1) is 10.2. The summed E-state index contributed by atoms with van der Waals surface area (Å²) in [5.74, 6) is -0.0676. The van der Waals surface area contributed by atoms with E-state index in [2.05, 4.69) is 10.2 Å². The fourth-order valence-electron chi connectivity index (χ4n) is 2.95. The Morgan fingerprint density at radius 2 is 1.95 bits per heavy atom. The van der Waals surface area contributed by atoms with E-state index in [1.165, 1.54) is 6.07 Å². The largest absolute Gasteiger partial charge is 0.477 e. The van der Waals surface area contributed by atoms with Crippen LogP contribution in [0, 0.1) is 0 Å². The number of nitrogens with zero attached hydrogens (tertiary/aromatic N) is 1. The number of H-pyrrole nitrogens is 1. The fraction of sp³-hybridized carbons (Fsp3) is 0.333. The zero-order chi connectivity index (χ0) is 14.4. The number of rotatable bonds is 2. The first-order valence-electron chi connectivity index (χ1n) is 6.96. The van der Waals surface area contributed by atoms with Crippen LogP contribution in [0.15, 0.2) is 24.3 Å². The average molecular weight is 286 g/mol. The minimum absolute atomic E-state index is 0.0648. The summed E-state index contributed by atoms with van der Waals surface area (Å²) in [6.45, 7) is 0. The molecule has 1 fully saturated rings. The number of benzene rings is 1. The Morgan fingerprint density at radius 3 is 2.67 bits per heavy atom. The maximum atomic E-state index is 10.9. The molecule has 1 spiro atoms. The van der Waals surface area contributed by atoms with E-state index in [1.54, 1.807) is 0 Å². The summed E-state index contributed by atoms with van der Waals surface area (Å²) < 4.78 is 11.9. The number of hydrogen-bond donors (Lipinski definition) is 2. The zero-order valence-corrected chi connectivity index (χ0v) is 11.3. The SMILES string of the molecule is O=C(O)c1cc(-c2ccc3c(c2)OC2(CCCC2)O3)n[nH]1. The highest BCUT2D eigenvalue weighted by Crippen LogP contribution is 2.47. The first kappa shape index (κ1) is 12.3. The second-order valence-electron chi connectivity index (χ2n) is 5.46. The summed E-state index contributed by atoms with van der Waals surface area (Å²) in [5.41, 5.74) is 1.44. The number of nitrogens with one attached hydrogen (secondary N) is 1. The molecule has 0 atom stereocenters. The molecule has 4 rings (SSSR count). The Balaban J connectivity index is 1.66. The highest BCUT2D eigenvalue weighted by Gasteiger charge is 2.44. The van der Waals surface area contributed by atoms with Gasteiger partial charge < -0.3 is 14.6 Å². The fourth-order valence-corrected chi connectivity index (χ4v) is 2.95. The van der Waals surface area contributed by atoms with E-state index in [0.717, 1.165) is 37.0 Å². The van der Waals surface area contributed by atoms with E-state index in [1.807, 2.05) is 18.2 Å². The van der Waals surface area contributed by atoms with Gasteiger partial charge in [0.15, 0.2) is 11.5 Å². The third kappa shape index (κ3) is 1.94. The van der Waals surface area contributed by atoms with E-state index in [4.69, 9.17) is 14.6 Å². The number of aromatic nitrogens is 2. The number of ether oxygens (including phenoxy) is 2. The van der Waals surface area contributed by atoms with Gasteiger partial charge in [-0.3, -0.25) is 5.10 Å². The lowest BCUT2D eigenvalue weighted by molar-refractivity contribution is -0.0716. The number of fused-ring (bicyclic) bond motifs is 1. The van der Waals surface area contributed by atoms with Crippen molar-refractivity contribution in [3.63, 3.8) is 0 Å². The van der Waals surface area contributed by atoms with E-state index < -0.39 is 11.8 Å². The van der Waals surface area contributed by atoms with Crippen LogP contribution in [0.4, 0.5) is 0 Å². The average Bonchev–Trinajstić information content (AvgIpc) is 3.17. The molecule has 1 aliphatic heterocycles. The quantitative estimate of drug-likeness (QED) is 0.886. The Kier molecular flexibility index (Phi) is 2.48. The number of carboxylic acid groups (broad SMARTS) is 1. The van der Waals surface area contributed by atoms with Crippen LogP contribution in [-0.4, -0.2) is 27.1 Å². The van der Waals surface area contributed by atoms with Crippen LogP contribution >= 0.6 is 0 Å². The van der Waals surface area contributed by atoms with Crippen LogP contribution in [-0.2, 0) is 0 Å². The molecule has 6 nitrogen and oxygen atoms in total. The summed E-state index contributed by atoms with van der Waals surface area (Å²) in [4.78, 5) is 10.9. The van der Waals surface area contributed by atoms with Gasteiger partial charge in [-0.2, -0.15) is 5.10 Å². The van der Waals surface area contributed by atoms with Crippen LogP contribution < -0.4 is 9.47 Å². The lowest BCUT2D eigenvalue weighted by Gasteiger charge is -2.21. The van der Waals surface area contributed by atoms with Gasteiger partial charge in [0.05, 0.1) is 5.69 Å². The molecule has 6 heteroatoms. The van der Waals surface area contributed by atoms with Gasteiger partial charge in [-0.15, -0.1) is 0 Å². The Hall–Kier alpha value is -2.50. The minimum Gasteiger partial charge on any atom is -0.477 e. The van der Waals surface area contributed by atoms with Crippen molar-refractivity contribution in [1.29, 1.82) is 0 Å². The van der Waals surface area contributed by atoms with Crippen molar-refractivity contribution in [2.24, 2.45) is 0 Å². The standard InChI is InChI=1S/C15H14N2O4/c18-14(19)11-8-10(16-17-11)9-3-4-12-13(7-9)21-15(20-12)5-1-2-6-15/h3-4,7-8H,1-2,5-6H2,(H,16,17)(H,18,19). The Labute approximate surface area is 120 Å². The summed E-state index contributed by atoms with van der Waals surface area (Å²) in [5, 5.41) is 15.4. The molecule has 0 bridgehead atoms. The van der Waals surface area contributed by atoms with E-state index in [0.29, 0.717) is 11.4 Å². The van der Waals surface area contributed by atoms with Crippen molar-refractivity contribution in [2.75, 3.05) is 0 Å². The molecule has 1 aromatic heterocycles. The molecule has 0 amide bonds. The number of carboxylic acids is 1. The molecule has 21 heavy (non-hydrogen) atoms. The predicted molar refractivity (Wildman–Crippen MR) is 73.4 cm³/mol. The molecule has 1 saturated carbocycles. The molecule has 2 aromatic rings. The molecule has 2 aliphatic rings. The van der Waals surface area contributed by atoms with Crippen LogP contribution in [0.3, 0.4) is 0 Å². The van der Waals surface area contributed by atoms with Gasteiger partial charge in [-0.25, -0.2) is 4.79 Å². The minimum atomic E-state index is -1.03. The predicted octanol–water partition coefficient (Wildman–Crippen LogP) is 2.82. The van der Waals surface area contributed by atoms with Crippen LogP contribution in [0.1, 0.15) is 36.2 Å². The maximum Gasteiger partial charge on any atom is 0.353 e. The third-order valence-corrected chi connectivity index (χ3v) is 4.01. The molecule has 0 unspecified atom stereocenters. The lowest BCUT2D eigenvalue weighted by Crippen LogP contribution is -2.34. The number of aromatic amines is 1. The van der Waals surface area contributed by atoms with Crippen molar-refractivity contribution in [1.82, 2.24) is 10.2 Å². The monoisotopic (exact) mass is 286 g/mol. The van der Waals surface area contributed by atoms with E-state index in [-0.39, 0.29) is 5.69 Å². The Morgan fingerprint density at radius 1 is 1.19 bits per heavy atom. The van der Waals surface area contributed by atoms with Crippen molar-refractivity contribution in [2.45, 2.75) is 31.5 Å². The van der Waals surface area contributed by atoms with Crippen molar-refractivity contribution < 1.29 is 19.4 Å². The highest BCUT2D eigenvalue weighted by atomic mass is 16.7. The molecular formula is C15H14N2O4. The van der Waals surface area contributed by atoms with Crippen LogP contribution in [0.25, 0.3) is 11.3 Å². The summed E-state index contributed by atoms with van der Waals surface area (Å²) in [7, 11) is 0. The van der Waals surface area contributed by atoms with Gasteiger partial charge in [0.1, 0.15) is 5.69 Å². The molecular weight excluding hydrogens is 272 g/mol. The normalized spacial score (nSPS) is 18.3. The number of hydrogen-bond acceptors (Lipinski definition) is 4.